The minimum atomic E-state index is -1.05. The van der Waals surface area contributed by atoms with E-state index in [1.165, 1.54) is 13.2 Å². The third-order valence-electron chi connectivity index (χ3n) is 5.01. The summed E-state index contributed by atoms with van der Waals surface area (Å²) in [5.41, 5.74) is 0.754. The van der Waals surface area contributed by atoms with E-state index in [1.54, 1.807) is 29.9 Å². The van der Waals surface area contributed by atoms with Crippen molar-refractivity contribution in [2.75, 3.05) is 32.1 Å². The number of hydrogen-bond donors (Lipinski definition) is 1. The van der Waals surface area contributed by atoms with Gasteiger partial charge in [0.25, 0.3) is 0 Å². The fourth-order valence-electron chi connectivity index (χ4n) is 3.65. The van der Waals surface area contributed by atoms with Crippen molar-refractivity contribution >= 4 is 28.7 Å². The van der Waals surface area contributed by atoms with Gasteiger partial charge < -0.3 is 24.4 Å². The largest absolute Gasteiger partial charge is 0.495 e. The van der Waals surface area contributed by atoms with Crippen molar-refractivity contribution in [2.45, 2.75) is 38.8 Å². The molecule has 1 aromatic carbocycles. The normalized spacial score (nSPS) is 16.9. The Kier molecular flexibility index (Phi) is 5.34. The number of benzene rings is 1. The van der Waals surface area contributed by atoms with Gasteiger partial charge in [0.2, 0.25) is 0 Å². The molecule has 3 rings (SSSR count). The molecule has 1 saturated heterocycles. The van der Waals surface area contributed by atoms with E-state index in [4.69, 9.17) is 9.47 Å². The minimum Gasteiger partial charge on any atom is -0.495 e. The van der Waals surface area contributed by atoms with Gasteiger partial charge in [-0.25, -0.2) is 9.59 Å². The molecule has 0 radical (unpaired) electrons. The fraction of sp³-hybridized carbons (Fsp3) is 0.550. The molecule has 1 aromatic heterocycles. The molecular weight excluding hydrogens is 376 g/mol. The number of amides is 1. The Hall–Kier alpha value is -2.97. The zero-order chi connectivity index (χ0) is 21.5. The van der Waals surface area contributed by atoms with Crippen LogP contribution in [0.3, 0.4) is 0 Å². The molecule has 9 heteroatoms. The first-order chi connectivity index (χ1) is 13.5. The second-order valence-corrected chi connectivity index (χ2v) is 8.32. The van der Waals surface area contributed by atoms with Gasteiger partial charge in [0.05, 0.1) is 24.4 Å². The Labute approximate surface area is 169 Å². The molecule has 0 saturated carbocycles. The van der Waals surface area contributed by atoms with E-state index in [1.807, 2.05) is 20.8 Å². The number of carboxylic acids is 1. The maximum atomic E-state index is 12.4. The van der Waals surface area contributed by atoms with E-state index in [0.29, 0.717) is 29.7 Å². The van der Waals surface area contributed by atoms with Crippen LogP contribution in [0.5, 0.6) is 5.75 Å². The summed E-state index contributed by atoms with van der Waals surface area (Å²) in [6, 6.07) is 1.48. The van der Waals surface area contributed by atoms with E-state index in [9.17, 15) is 14.7 Å². The third-order valence-corrected chi connectivity index (χ3v) is 5.01. The van der Waals surface area contributed by atoms with E-state index in [2.05, 4.69) is 10.00 Å². The standard InChI is InChI=1S/C20H28N4O5/c1-20(2,3)29-19(27)23(5)12-7-8-24(10-12)17-14-11-22(4)21-16(14)13(18(25)26)9-15(17)28-6/h9,11-12H,7-8,10H2,1-6H3,(H,25,26)/t12-/m0/s1. The molecule has 9 nitrogen and oxygen atoms in total. The van der Waals surface area contributed by atoms with Crippen LogP contribution in [0.1, 0.15) is 37.6 Å². The first-order valence-electron chi connectivity index (χ1n) is 9.50. The van der Waals surface area contributed by atoms with Gasteiger partial charge in [-0.05, 0) is 33.3 Å². The second-order valence-electron chi connectivity index (χ2n) is 8.32. The van der Waals surface area contributed by atoms with Crippen LogP contribution in [-0.2, 0) is 11.8 Å². The minimum absolute atomic E-state index is 0.0274. The van der Waals surface area contributed by atoms with Gasteiger partial charge in [-0.3, -0.25) is 4.68 Å². The summed E-state index contributed by atoms with van der Waals surface area (Å²) in [5, 5.41) is 14.6. The SMILES string of the molecule is COc1cc(C(=O)O)c2nn(C)cc2c1N1CC[C@H](N(C)C(=O)OC(C)(C)C)C1. The molecular formula is C20H28N4O5. The number of carbonyl (C=O) groups is 2. The highest BCUT2D eigenvalue weighted by Gasteiger charge is 2.33. The fourth-order valence-corrected chi connectivity index (χ4v) is 3.65. The third kappa shape index (κ3) is 4.08. The van der Waals surface area contributed by atoms with Crippen molar-refractivity contribution in [1.82, 2.24) is 14.7 Å². The zero-order valence-corrected chi connectivity index (χ0v) is 17.7. The van der Waals surface area contributed by atoms with Crippen LogP contribution < -0.4 is 9.64 Å². The highest BCUT2D eigenvalue weighted by atomic mass is 16.6. The van der Waals surface area contributed by atoms with Crippen molar-refractivity contribution < 1.29 is 24.2 Å². The number of anilines is 1. The zero-order valence-electron chi connectivity index (χ0n) is 17.7. The average molecular weight is 404 g/mol. The molecule has 1 aliphatic heterocycles. The number of carboxylic acid groups (broad SMARTS) is 1. The number of likely N-dealkylation sites (N-methyl/N-ethyl adjacent to an activating group) is 1. The number of hydrogen-bond acceptors (Lipinski definition) is 6. The summed E-state index contributed by atoms with van der Waals surface area (Å²) in [7, 11) is 5.02. The van der Waals surface area contributed by atoms with E-state index in [-0.39, 0.29) is 17.7 Å². The van der Waals surface area contributed by atoms with Gasteiger partial charge in [0.15, 0.2) is 0 Å². The lowest BCUT2D eigenvalue weighted by atomic mass is 10.1. The summed E-state index contributed by atoms with van der Waals surface area (Å²) < 4.78 is 12.6. The number of aromatic carboxylic acids is 1. The van der Waals surface area contributed by atoms with Crippen LogP contribution in [0.4, 0.5) is 10.5 Å². The van der Waals surface area contributed by atoms with Crippen LogP contribution in [-0.4, -0.2) is 70.7 Å². The van der Waals surface area contributed by atoms with E-state index in [0.717, 1.165) is 12.1 Å². The molecule has 1 atom stereocenters. The molecule has 0 unspecified atom stereocenters. The number of aryl methyl sites for hydroxylation is 1. The van der Waals surface area contributed by atoms with Crippen molar-refractivity contribution in [3.63, 3.8) is 0 Å². The van der Waals surface area contributed by atoms with Gasteiger partial charge in [-0.2, -0.15) is 5.10 Å². The Morgan fingerprint density at radius 1 is 1.34 bits per heavy atom. The monoisotopic (exact) mass is 404 g/mol. The lowest BCUT2D eigenvalue weighted by molar-refractivity contribution is 0.0237. The summed E-state index contributed by atoms with van der Waals surface area (Å²) in [5.74, 6) is -0.578. The summed E-state index contributed by atoms with van der Waals surface area (Å²) >= 11 is 0. The average Bonchev–Trinajstić information content (AvgIpc) is 3.23. The Balaban J connectivity index is 1.93. The van der Waals surface area contributed by atoms with Gasteiger partial charge in [-0.15, -0.1) is 0 Å². The lowest BCUT2D eigenvalue weighted by Crippen LogP contribution is -2.42. The van der Waals surface area contributed by atoms with Crippen molar-refractivity contribution in [3.05, 3.63) is 17.8 Å². The van der Waals surface area contributed by atoms with E-state index < -0.39 is 11.6 Å². The first kappa shape index (κ1) is 20.8. The quantitative estimate of drug-likeness (QED) is 0.837. The molecule has 1 N–H and O–H groups in total. The molecule has 0 spiro atoms. The van der Waals surface area contributed by atoms with Gasteiger partial charge in [-0.1, -0.05) is 0 Å². The van der Waals surface area contributed by atoms with Crippen LogP contribution in [0.25, 0.3) is 10.9 Å². The number of fused-ring (bicyclic) bond motifs is 1. The molecule has 0 aliphatic carbocycles. The maximum Gasteiger partial charge on any atom is 0.410 e. The Bertz CT molecular complexity index is 946. The number of ether oxygens (including phenoxy) is 2. The number of methoxy groups -OCH3 is 1. The number of nitrogens with zero attached hydrogens (tertiary/aromatic N) is 4. The molecule has 2 aromatic rings. The Morgan fingerprint density at radius 2 is 2.03 bits per heavy atom. The topological polar surface area (TPSA) is 97.1 Å². The molecule has 1 fully saturated rings. The molecule has 2 heterocycles. The molecule has 158 valence electrons. The lowest BCUT2D eigenvalue weighted by Gasteiger charge is -2.29. The highest BCUT2D eigenvalue weighted by molar-refractivity contribution is 6.08. The van der Waals surface area contributed by atoms with Crippen LogP contribution in [0.15, 0.2) is 12.3 Å². The summed E-state index contributed by atoms with van der Waals surface area (Å²) in [4.78, 5) is 27.8. The Morgan fingerprint density at radius 3 is 2.62 bits per heavy atom. The van der Waals surface area contributed by atoms with Crippen molar-refractivity contribution in [2.24, 2.45) is 7.05 Å². The molecule has 1 aliphatic rings. The van der Waals surface area contributed by atoms with Crippen molar-refractivity contribution in [3.8, 4) is 5.75 Å². The van der Waals surface area contributed by atoms with Crippen molar-refractivity contribution in [1.29, 1.82) is 0 Å². The summed E-state index contributed by atoms with van der Waals surface area (Å²) in [6.07, 6.45) is 2.20. The van der Waals surface area contributed by atoms with E-state index >= 15 is 0 Å². The number of aromatic nitrogens is 2. The second kappa shape index (κ2) is 7.46. The van der Waals surface area contributed by atoms with Gasteiger partial charge >= 0.3 is 12.1 Å². The van der Waals surface area contributed by atoms with Gasteiger partial charge in [0, 0.05) is 38.8 Å². The predicted octanol–water partition coefficient (Wildman–Crippen LogP) is 2.73. The molecule has 0 bridgehead atoms. The van der Waals surface area contributed by atoms with Gasteiger partial charge in [0.1, 0.15) is 16.9 Å². The van der Waals surface area contributed by atoms with Crippen LogP contribution in [0, 0.1) is 0 Å². The first-order valence-corrected chi connectivity index (χ1v) is 9.50. The molecule has 1 amide bonds. The highest BCUT2D eigenvalue weighted by Crippen LogP contribution is 2.40. The van der Waals surface area contributed by atoms with Crippen LogP contribution in [0.2, 0.25) is 0 Å². The maximum absolute atomic E-state index is 12.4. The predicted molar refractivity (Wildman–Crippen MR) is 109 cm³/mol. The van der Waals surface area contributed by atoms with Crippen LogP contribution >= 0.6 is 0 Å². The smallest absolute Gasteiger partial charge is 0.410 e. The number of rotatable bonds is 4. The summed E-state index contributed by atoms with van der Waals surface area (Å²) in [6.45, 7) is 6.81. The number of carbonyl (C=O) groups excluding carboxylic acids is 1. The molecule has 29 heavy (non-hydrogen) atoms.